The highest BCUT2D eigenvalue weighted by molar-refractivity contribution is 5.79. The second kappa shape index (κ2) is 4.52. The Morgan fingerprint density at radius 2 is 2.07 bits per heavy atom. The summed E-state index contributed by atoms with van der Waals surface area (Å²) in [4.78, 5) is 14.3. The van der Waals surface area contributed by atoms with E-state index in [4.69, 9.17) is 5.73 Å². The van der Waals surface area contributed by atoms with Crippen LogP contribution in [0.25, 0.3) is 0 Å². The molecular formula is C12H22N2O. The zero-order chi connectivity index (χ0) is 10.8. The van der Waals surface area contributed by atoms with Crippen LogP contribution in [0.5, 0.6) is 0 Å². The fourth-order valence-electron chi connectivity index (χ4n) is 2.90. The molecule has 3 heteroatoms. The highest BCUT2D eigenvalue weighted by Gasteiger charge is 2.33. The van der Waals surface area contributed by atoms with Gasteiger partial charge in [-0.2, -0.15) is 0 Å². The van der Waals surface area contributed by atoms with Crippen molar-refractivity contribution >= 4 is 5.91 Å². The highest BCUT2D eigenvalue weighted by atomic mass is 16.2. The first-order valence-electron chi connectivity index (χ1n) is 6.24. The third kappa shape index (κ3) is 2.33. The molecular weight excluding hydrogens is 188 g/mol. The van der Waals surface area contributed by atoms with Gasteiger partial charge in [-0.05, 0) is 45.4 Å². The van der Waals surface area contributed by atoms with E-state index in [0.717, 1.165) is 25.8 Å². The number of carbonyl (C=O) groups is 1. The fourth-order valence-corrected chi connectivity index (χ4v) is 2.90. The van der Waals surface area contributed by atoms with E-state index in [1.54, 1.807) is 0 Å². The third-order valence-corrected chi connectivity index (χ3v) is 3.91. The topological polar surface area (TPSA) is 46.3 Å². The van der Waals surface area contributed by atoms with Gasteiger partial charge in [-0.3, -0.25) is 4.79 Å². The molecule has 2 N–H and O–H groups in total. The van der Waals surface area contributed by atoms with Crippen molar-refractivity contribution in [2.45, 2.75) is 57.5 Å². The normalized spacial score (nSPS) is 36.9. The van der Waals surface area contributed by atoms with Crippen molar-refractivity contribution < 1.29 is 4.79 Å². The second-order valence-electron chi connectivity index (χ2n) is 5.15. The van der Waals surface area contributed by atoms with Crippen LogP contribution in [-0.4, -0.2) is 29.4 Å². The molecule has 0 spiro atoms. The van der Waals surface area contributed by atoms with E-state index < -0.39 is 0 Å². The molecule has 0 aromatic carbocycles. The van der Waals surface area contributed by atoms with E-state index >= 15 is 0 Å². The van der Waals surface area contributed by atoms with Crippen LogP contribution in [0, 0.1) is 5.92 Å². The molecule has 1 aliphatic heterocycles. The lowest BCUT2D eigenvalue weighted by Crippen LogP contribution is -2.44. The van der Waals surface area contributed by atoms with Crippen LogP contribution in [0.3, 0.4) is 0 Å². The lowest BCUT2D eigenvalue weighted by molar-refractivity contribution is -0.138. The van der Waals surface area contributed by atoms with Gasteiger partial charge in [0, 0.05) is 24.5 Å². The SMILES string of the molecule is CC1CCCCN1C(=O)C1CCC(N)C1. The Hall–Kier alpha value is -0.570. The summed E-state index contributed by atoms with van der Waals surface area (Å²) < 4.78 is 0. The number of nitrogens with two attached hydrogens (primary N) is 1. The minimum Gasteiger partial charge on any atom is -0.340 e. The molecule has 1 aliphatic carbocycles. The molecule has 3 atom stereocenters. The van der Waals surface area contributed by atoms with Gasteiger partial charge in [-0.15, -0.1) is 0 Å². The molecule has 1 saturated carbocycles. The molecule has 1 amide bonds. The van der Waals surface area contributed by atoms with Gasteiger partial charge in [0.1, 0.15) is 0 Å². The van der Waals surface area contributed by atoms with E-state index in [9.17, 15) is 4.79 Å². The Bertz CT molecular complexity index is 242. The van der Waals surface area contributed by atoms with Crippen molar-refractivity contribution in [3.05, 3.63) is 0 Å². The second-order valence-corrected chi connectivity index (χ2v) is 5.15. The summed E-state index contributed by atoms with van der Waals surface area (Å²) >= 11 is 0. The maximum absolute atomic E-state index is 12.2. The molecule has 3 nitrogen and oxygen atoms in total. The van der Waals surface area contributed by atoms with Gasteiger partial charge in [0.15, 0.2) is 0 Å². The average Bonchev–Trinajstić information content (AvgIpc) is 2.65. The minimum atomic E-state index is 0.223. The van der Waals surface area contributed by atoms with Crippen LogP contribution >= 0.6 is 0 Å². The standard InChI is InChI=1S/C12H22N2O/c1-9-4-2-3-7-14(9)12(15)10-5-6-11(13)8-10/h9-11H,2-8,13H2,1H3. The van der Waals surface area contributed by atoms with Crippen molar-refractivity contribution in [2.75, 3.05) is 6.54 Å². The predicted octanol–water partition coefficient (Wildman–Crippen LogP) is 1.51. The Labute approximate surface area is 92.0 Å². The Morgan fingerprint density at radius 3 is 2.67 bits per heavy atom. The molecule has 0 bridgehead atoms. The summed E-state index contributed by atoms with van der Waals surface area (Å²) in [6.07, 6.45) is 6.55. The first-order chi connectivity index (χ1) is 7.18. The smallest absolute Gasteiger partial charge is 0.225 e. The molecule has 86 valence electrons. The molecule has 3 unspecified atom stereocenters. The summed E-state index contributed by atoms with van der Waals surface area (Å²) in [6, 6.07) is 0.710. The number of rotatable bonds is 1. The van der Waals surface area contributed by atoms with Gasteiger partial charge in [0.05, 0.1) is 0 Å². The third-order valence-electron chi connectivity index (χ3n) is 3.91. The van der Waals surface area contributed by atoms with E-state index in [2.05, 4.69) is 11.8 Å². The van der Waals surface area contributed by atoms with Crippen LogP contribution in [0.15, 0.2) is 0 Å². The molecule has 2 fully saturated rings. The first-order valence-corrected chi connectivity index (χ1v) is 6.24. The van der Waals surface area contributed by atoms with E-state index in [1.165, 1.54) is 19.3 Å². The lowest BCUT2D eigenvalue weighted by Gasteiger charge is -2.35. The monoisotopic (exact) mass is 210 g/mol. The van der Waals surface area contributed by atoms with Crippen LogP contribution in [-0.2, 0) is 4.79 Å². The van der Waals surface area contributed by atoms with Gasteiger partial charge >= 0.3 is 0 Å². The van der Waals surface area contributed by atoms with Gasteiger partial charge in [-0.25, -0.2) is 0 Å². The Balaban J connectivity index is 1.94. The summed E-state index contributed by atoms with van der Waals surface area (Å²) in [5, 5.41) is 0. The zero-order valence-electron chi connectivity index (χ0n) is 9.61. The molecule has 0 aromatic rings. The van der Waals surface area contributed by atoms with Crippen molar-refractivity contribution in [3.63, 3.8) is 0 Å². The van der Waals surface area contributed by atoms with Crippen LogP contribution in [0.4, 0.5) is 0 Å². The maximum Gasteiger partial charge on any atom is 0.225 e. The highest BCUT2D eigenvalue weighted by Crippen LogP contribution is 2.28. The van der Waals surface area contributed by atoms with Gasteiger partial charge in [-0.1, -0.05) is 0 Å². The number of hydrogen-bond acceptors (Lipinski definition) is 2. The molecule has 2 rings (SSSR count). The van der Waals surface area contributed by atoms with Crippen molar-refractivity contribution in [1.82, 2.24) is 4.90 Å². The Morgan fingerprint density at radius 1 is 1.27 bits per heavy atom. The zero-order valence-corrected chi connectivity index (χ0v) is 9.61. The number of piperidine rings is 1. The minimum absolute atomic E-state index is 0.223. The molecule has 1 saturated heterocycles. The summed E-state index contributed by atoms with van der Waals surface area (Å²) in [5.74, 6) is 0.593. The van der Waals surface area contributed by atoms with Crippen LogP contribution < -0.4 is 5.73 Å². The maximum atomic E-state index is 12.2. The van der Waals surface area contributed by atoms with Gasteiger partial charge in [0.2, 0.25) is 5.91 Å². The molecule has 1 heterocycles. The Kier molecular flexibility index (Phi) is 3.29. The number of amides is 1. The van der Waals surface area contributed by atoms with Crippen molar-refractivity contribution in [1.29, 1.82) is 0 Å². The lowest BCUT2D eigenvalue weighted by atomic mass is 9.99. The fraction of sp³-hybridized carbons (Fsp3) is 0.917. The van der Waals surface area contributed by atoms with Gasteiger partial charge < -0.3 is 10.6 Å². The molecule has 15 heavy (non-hydrogen) atoms. The average molecular weight is 210 g/mol. The van der Waals surface area contributed by atoms with Crippen molar-refractivity contribution in [2.24, 2.45) is 11.7 Å². The van der Waals surface area contributed by atoms with Crippen LogP contribution in [0.2, 0.25) is 0 Å². The largest absolute Gasteiger partial charge is 0.340 e. The van der Waals surface area contributed by atoms with E-state index in [1.807, 2.05) is 0 Å². The molecule has 2 aliphatic rings. The predicted molar refractivity (Wildman–Crippen MR) is 60.3 cm³/mol. The first kappa shape index (κ1) is 10.9. The van der Waals surface area contributed by atoms with Crippen LogP contribution in [0.1, 0.15) is 45.4 Å². The number of likely N-dealkylation sites (tertiary alicyclic amines) is 1. The summed E-state index contributed by atoms with van der Waals surface area (Å²) in [5.41, 5.74) is 5.86. The van der Waals surface area contributed by atoms with E-state index in [0.29, 0.717) is 11.9 Å². The van der Waals surface area contributed by atoms with Crippen molar-refractivity contribution in [3.8, 4) is 0 Å². The summed E-state index contributed by atoms with van der Waals surface area (Å²) in [6.45, 7) is 3.14. The summed E-state index contributed by atoms with van der Waals surface area (Å²) in [7, 11) is 0. The van der Waals surface area contributed by atoms with E-state index in [-0.39, 0.29) is 12.0 Å². The number of carbonyl (C=O) groups excluding carboxylic acids is 1. The molecule has 0 aromatic heterocycles. The number of hydrogen-bond donors (Lipinski definition) is 1. The number of nitrogens with zero attached hydrogens (tertiary/aromatic N) is 1. The quantitative estimate of drug-likeness (QED) is 0.713. The van der Waals surface area contributed by atoms with Gasteiger partial charge in [0.25, 0.3) is 0 Å². The molecule has 0 radical (unpaired) electrons.